The molecule has 0 aromatic carbocycles. The number of thiazole rings is 1. The number of hydrogen-bond acceptors (Lipinski definition) is 4. The standard InChI is InChI=1S/C15H23N3OS/c19-14(12-13-4-2-1-3-5-13)17-7-9-18(10-8-17)15-16-6-11-20-15/h6,11,13H,1-5,7-10,12H2. The number of aromatic nitrogens is 1. The molecule has 2 aliphatic rings. The van der Waals surface area contributed by atoms with Crippen LogP contribution in [-0.2, 0) is 4.79 Å². The molecule has 0 radical (unpaired) electrons. The van der Waals surface area contributed by atoms with E-state index >= 15 is 0 Å². The molecular formula is C15H23N3OS. The maximum absolute atomic E-state index is 12.4. The number of nitrogens with zero attached hydrogens (tertiary/aromatic N) is 3. The van der Waals surface area contributed by atoms with E-state index in [0.717, 1.165) is 37.7 Å². The number of hydrogen-bond donors (Lipinski definition) is 0. The van der Waals surface area contributed by atoms with Crippen molar-refractivity contribution >= 4 is 22.4 Å². The zero-order valence-electron chi connectivity index (χ0n) is 12.0. The second-order valence-corrected chi connectivity index (χ2v) is 6.76. The van der Waals surface area contributed by atoms with E-state index in [1.165, 1.54) is 32.1 Å². The number of rotatable bonds is 3. The Bertz CT molecular complexity index is 420. The van der Waals surface area contributed by atoms with Crippen LogP contribution < -0.4 is 4.90 Å². The van der Waals surface area contributed by atoms with Gasteiger partial charge in [-0.2, -0.15) is 0 Å². The highest BCUT2D eigenvalue weighted by molar-refractivity contribution is 7.13. The van der Waals surface area contributed by atoms with Gasteiger partial charge in [0, 0.05) is 44.2 Å². The first-order chi connectivity index (χ1) is 9.83. The maximum Gasteiger partial charge on any atom is 0.222 e. The van der Waals surface area contributed by atoms with Crippen LogP contribution in [0.15, 0.2) is 11.6 Å². The summed E-state index contributed by atoms with van der Waals surface area (Å²) in [5.41, 5.74) is 0. The van der Waals surface area contributed by atoms with E-state index in [9.17, 15) is 4.79 Å². The summed E-state index contributed by atoms with van der Waals surface area (Å²) in [7, 11) is 0. The van der Waals surface area contributed by atoms with Crippen molar-refractivity contribution in [3.8, 4) is 0 Å². The molecule has 1 aliphatic heterocycles. The SMILES string of the molecule is O=C(CC1CCCCC1)N1CCN(c2nccs2)CC1. The lowest BCUT2D eigenvalue weighted by molar-refractivity contribution is -0.132. The molecule has 0 N–H and O–H groups in total. The first kappa shape index (κ1) is 13.9. The van der Waals surface area contributed by atoms with Crippen LogP contribution in [0.2, 0.25) is 0 Å². The fourth-order valence-corrected chi connectivity index (χ4v) is 3.98. The minimum absolute atomic E-state index is 0.371. The van der Waals surface area contributed by atoms with Crippen molar-refractivity contribution < 1.29 is 4.79 Å². The first-order valence-electron chi connectivity index (χ1n) is 7.75. The number of piperazine rings is 1. The Morgan fingerprint density at radius 2 is 1.95 bits per heavy atom. The Morgan fingerprint density at radius 3 is 2.60 bits per heavy atom. The Morgan fingerprint density at radius 1 is 1.20 bits per heavy atom. The fraction of sp³-hybridized carbons (Fsp3) is 0.733. The van der Waals surface area contributed by atoms with Gasteiger partial charge in [-0.1, -0.05) is 19.3 Å². The monoisotopic (exact) mass is 293 g/mol. The predicted molar refractivity (Wildman–Crippen MR) is 82.1 cm³/mol. The smallest absolute Gasteiger partial charge is 0.222 e. The summed E-state index contributed by atoms with van der Waals surface area (Å²) in [6.07, 6.45) is 9.12. The topological polar surface area (TPSA) is 36.4 Å². The van der Waals surface area contributed by atoms with Crippen molar-refractivity contribution in [3.63, 3.8) is 0 Å². The van der Waals surface area contributed by atoms with E-state index in [1.54, 1.807) is 11.3 Å². The molecule has 2 heterocycles. The van der Waals surface area contributed by atoms with Crippen LogP contribution in [0, 0.1) is 5.92 Å². The zero-order chi connectivity index (χ0) is 13.8. The molecule has 20 heavy (non-hydrogen) atoms. The summed E-state index contributed by atoms with van der Waals surface area (Å²) in [4.78, 5) is 21.0. The van der Waals surface area contributed by atoms with Crippen LogP contribution in [0.3, 0.4) is 0 Å². The van der Waals surface area contributed by atoms with E-state index in [0.29, 0.717) is 11.8 Å². The van der Waals surface area contributed by atoms with Gasteiger partial charge in [-0.25, -0.2) is 4.98 Å². The van der Waals surface area contributed by atoms with Crippen molar-refractivity contribution in [3.05, 3.63) is 11.6 Å². The van der Waals surface area contributed by atoms with Gasteiger partial charge < -0.3 is 9.80 Å². The van der Waals surface area contributed by atoms with Crippen LogP contribution in [0.25, 0.3) is 0 Å². The van der Waals surface area contributed by atoms with Gasteiger partial charge in [-0.15, -0.1) is 11.3 Å². The van der Waals surface area contributed by atoms with Gasteiger partial charge in [0.25, 0.3) is 0 Å². The van der Waals surface area contributed by atoms with Gasteiger partial charge in [0.05, 0.1) is 0 Å². The molecule has 1 amide bonds. The van der Waals surface area contributed by atoms with Gasteiger partial charge in [-0.3, -0.25) is 4.79 Å². The number of carbonyl (C=O) groups excluding carboxylic acids is 1. The highest BCUT2D eigenvalue weighted by atomic mass is 32.1. The third kappa shape index (κ3) is 3.32. The largest absolute Gasteiger partial charge is 0.345 e. The van der Waals surface area contributed by atoms with Crippen molar-refractivity contribution in [2.45, 2.75) is 38.5 Å². The Kier molecular flexibility index (Phi) is 4.55. The molecule has 0 unspecified atom stereocenters. The molecule has 1 aliphatic carbocycles. The average molecular weight is 293 g/mol. The van der Waals surface area contributed by atoms with Gasteiger partial charge in [0.1, 0.15) is 0 Å². The third-order valence-corrected chi connectivity index (χ3v) is 5.34. The molecule has 0 atom stereocenters. The van der Waals surface area contributed by atoms with E-state index in [-0.39, 0.29) is 0 Å². The van der Waals surface area contributed by atoms with Crippen LogP contribution in [0.1, 0.15) is 38.5 Å². The summed E-state index contributed by atoms with van der Waals surface area (Å²) in [5.74, 6) is 1.02. The van der Waals surface area contributed by atoms with Crippen LogP contribution in [0.4, 0.5) is 5.13 Å². The van der Waals surface area contributed by atoms with Crippen LogP contribution >= 0.6 is 11.3 Å². The molecule has 3 rings (SSSR count). The zero-order valence-corrected chi connectivity index (χ0v) is 12.8. The van der Waals surface area contributed by atoms with E-state index in [1.807, 2.05) is 11.6 Å². The minimum Gasteiger partial charge on any atom is -0.345 e. The lowest BCUT2D eigenvalue weighted by Gasteiger charge is -2.35. The molecule has 1 saturated heterocycles. The normalized spacial score (nSPS) is 21.2. The Hall–Kier alpha value is -1.10. The second-order valence-electron chi connectivity index (χ2n) is 5.89. The summed E-state index contributed by atoms with van der Waals surface area (Å²) in [6, 6.07) is 0. The quantitative estimate of drug-likeness (QED) is 0.860. The second kappa shape index (κ2) is 6.57. The van der Waals surface area contributed by atoms with E-state index in [2.05, 4.69) is 14.8 Å². The Labute approximate surface area is 124 Å². The summed E-state index contributed by atoms with van der Waals surface area (Å²) in [5, 5.41) is 3.10. The molecule has 1 aromatic heterocycles. The third-order valence-electron chi connectivity index (χ3n) is 4.51. The molecule has 110 valence electrons. The van der Waals surface area contributed by atoms with Gasteiger partial charge in [0.2, 0.25) is 5.91 Å². The van der Waals surface area contributed by atoms with Crippen molar-refractivity contribution in [2.24, 2.45) is 5.92 Å². The molecule has 4 nitrogen and oxygen atoms in total. The lowest BCUT2D eigenvalue weighted by Crippen LogP contribution is -2.49. The number of amides is 1. The highest BCUT2D eigenvalue weighted by Gasteiger charge is 2.25. The van der Waals surface area contributed by atoms with E-state index < -0.39 is 0 Å². The molecular weight excluding hydrogens is 270 g/mol. The molecule has 1 saturated carbocycles. The average Bonchev–Trinajstić information content (AvgIpc) is 3.03. The number of anilines is 1. The van der Waals surface area contributed by atoms with Crippen molar-refractivity contribution in [1.82, 2.24) is 9.88 Å². The van der Waals surface area contributed by atoms with Crippen molar-refractivity contribution in [1.29, 1.82) is 0 Å². The van der Waals surface area contributed by atoms with Gasteiger partial charge >= 0.3 is 0 Å². The minimum atomic E-state index is 0.371. The van der Waals surface area contributed by atoms with Gasteiger partial charge in [-0.05, 0) is 18.8 Å². The molecule has 2 fully saturated rings. The summed E-state index contributed by atoms with van der Waals surface area (Å²) >= 11 is 1.68. The maximum atomic E-state index is 12.4. The summed E-state index contributed by atoms with van der Waals surface area (Å²) in [6.45, 7) is 3.55. The number of carbonyl (C=O) groups is 1. The lowest BCUT2D eigenvalue weighted by atomic mass is 9.86. The van der Waals surface area contributed by atoms with Gasteiger partial charge in [0.15, 0.2) is 5.13 Å². The molecule has 0 spiro atoms. The van der Waals surface area contributed by atoms with Crippen LogP contribution in [-0.4, -0.2) is 42.0 Å². The Balaban J connectivity index is 1.46. The molecule has 0 bridgehead atoms. The molecule has 1 aromatic rings. The highest BCUT2D eigenvalue weighted by Crippen LogP contribution is 2.27. The van der Waals surface area contributed by atoms with E-state index in [4.69, 9.17) is 0 Å². The molecule has 5 heteroatoms. The van der Waals surface area contributed by atoms with Crippen LogP contribution in [0.5, 0.6) is 0 Å². The summed E-state index contributed by atoms with van der Waals surface area (Å²) < 4.78 is 0. The van der Waals surface area contributed by atoms with Crippen molar-refractivity contribution in [2.75, 3.05) is 31.1 Å². The predicted octanol–water partition coefficient (Wildman–Crippen LogP) is 2.76. The first-order valence-corrected chi connectivity index (χ1v) is 8.63. The fourth-order valence-electron chi connectivity index (χ4n) is 3.29.